The van der Waals surface area contributed by atoms with Gasteiger partial charge in [0, 0.05) is 7.05 Å². The van der Waals surface area contributed by atoms with E-state index in [-0.39, 0.29) is 5.60 Å². The molecule has 0 saturated heterocycles. The van der Waals surface area contributed by atoms with E-state index in [1.165, 1.54) is 12.8 Å². The highest BCUT2D eigenvalue weighted by Crippen LogP contribution is 2.38. The van der Waals surface area contributed by atoms with E-state index in [0.29, 0.717) is 6.01 Å². The molecule has 0 amide bonds. The molecule has 1 aromatic heterocycles. The molecular formula is C12H22N4O. The molecule has 2 rings (SSSR count). The van der Waals surface area contributed by atoms with Crippen LogP contribution in [-0.2, 0) is 7.05 Å². The first-order valence-corrected chi connectivity index (χ1v) is 6.49. The zero-order valence-corrected chi connectivity index (χ0v) is 10.8. The Morgan fingerprint density at radius 1 is 1.47 bits per heavy atom. The van der Waals surface area contributed by atoms with E-state index < -0.39 is 0 Å². The van der Waals surface area contributed by atoms with Crippen molar-refractivity contribution < 1.29 is 4.74 Å². The number of rotatable bonds is 7. The summed E-state index contributed by atoms with van der Waals surface area (Å²) in [5.41, 5.74) is -0.0118. The molecule has 0 atom stereocenters. The topological polar surface area (TPSA) is 52.0 Å². The summed E-state index contributed by atoms with van der Waals surface area (Å²) in [4.78, 5) is 4.14. The van der Waals surface area contributed by atoms with Crippen LogP contribution in [0.3, 0.4) is 0 Å². The Bertz CT molecular complexity index is 346. The Balaban J connectivity index is 1.82. The maximum Gasteiger partial charge on any atom is 0.335 e. The van der Waals surface area contributed by atoms with Gasteiger partial charge >= 0.3 is 6.01 Å². The predicted octanol–water partition coefficient (Wildman–Crippen LogP) is 1.51. The van der Waals surface area contributed by atoms with Crippen molar-refractivity contribution in [2.45, 2.75) is 44.6 Å². The molecule has 1 aliphatic carbocycles. The van der Waals surface area contributed by atoms with Gasteiger partial charge in [-0.3, -0.25) is 4.68 Å². The number of hydrogen-bond donors (Lipinski definition) is 1. The van der Waals surface area contributed by atoms with E-state index >= 15 is 0 Å². The van der Waals surface area contributed by atoms with Crippen molar-refractivity contribution in [1.82, 2.24) is 20.1 Å². The number of nitrogens with one attached hydrogen (secondary N) is 1. The van der Waals surface area contributed by atoms with Crippen molar-refractivity contribution in [2.24, 2.45) is 7.05 Å². The van der Waals surface area contributed by atoms with E-state index in [1.807, 2.05) is 7.05 Å². The summed E-state index contributed by atoms with van der Waals surface area (Å²) in [6.45, 7) is 4.28. The monoisotopic (exact) mass is 238 g/mol. The molecule has 0 bridgehead atoms. The number of nitrogens with zero attached hydrogens (tertiary/aromatic N) is 3. The minimum Gasteiger partial charge on any atom is -0.456 e. The maximum absolute atomic E-state index is 5.96. The molecule has 0 radical (unpaired) electrons. The van der Waals surface area contributed by atoms with Gasteiger partial charge in [-0.15, -0.1) is 5.10 Å². The zero-order chi connectivity index (χ0) is 12.1. The van der Waals surface area contributed by atoms with Gasteiger partial charge in [-0.1, -0.05) is 6.92 Å². The molecular weight excluding hydrogens is 216 g/mol. The molecule has 0 aromatic carbocycles. The second kappa shape index (κ2) is 5.49. The van der Waals surface area contributed by atoms with Gasteiger partial charge in [-0.2, -0.15) is 4.98 Å². The summed E-state index contributed by atoms with van der Waals surface area (Å²) in [5, 5.41) is 7.61. The smallest absolute Gasteiger partial charge is 0.335 e. The Kier molecular flexibility index (Phi) is 3.99. The minimum absolute atomic E-state index is 0.0118. The summed E-state index contributed by atoms with van der Waals surface area (Å²) in [5.74, 6) is 0. The molecule has 0 aliphatic heterocycles. The first-order valence-electron chi connectivity index (χ1n) is 6.49. The fourth-order valence-electron chi connectivity index (χ4n) is 2.15. The lowest BCUT2D eigenvalue weighted by Gasteiger charge is -2.40. The maximum atomic E-state index is 5.96. The molecule has 96 valence electrons. The highest BCUT2D eigenvalue weighted by molar-refractivity contribution is 4.99. The zero-order valence-electron chi connectivity index (χ0n) is 10.8. The summed E-state index contributed by atoms with van der Waals surface area (Å²) in [7, 11) is 1.86. The molecule has 0 unspecified atom stereocenters. The molecule has 1 aliphatic rings. The van der Waals surface area contributed by atoms with Crippen LogP contribution in [0.4, 0.5) is 0 Å². The Labute approximate surface area is 103 Å². The van der Waals surface area contributed by atoms with Gasteiger partial charge in [-0.25, -0.2) is 0 Å². The second-order valence-corrected chi connectivity index (χ2v) is 4.84. The molecule has 0 spiro atoms. The largest absolute Gasteiger partial charge is 0.456 e. The number of hydrogen-bond acceptors (Lipinski definition) is 4. The summed E-state index contributed by atoms with van der Waals surface area (Å²) in [6.07, 6.45) is 7.40. The van der Waals surface area contributed by atoms with Crippen molar-refractivity contribution >= 4 is 0 Å². The molecule has 1 N–H and O–H groups in total. The van der Waals surface area contributed by atoms with E-state index in [0.717, 1.165) is 32.4 Å². The van der Waals surface area contributed by atoms with Crippen LogP contribution in [0.15, 0.2) is 6.33 Å². The predicted molar refractivity (Wildman–Crippen MR) is 66.0 cm³/mol. The summed E-state index contributed by atoms with van der Waals surface area (Å²) < 4.78 is 7.63. The molecule has 1 saturated carbocycles. The Morgan fingerprint density at radius 2 is 2.29 bits per heavy atom. The average molecular weight is 238 g/mol. The standard InChI is InChI=1S/C12H22N4O/c1-3-8-13-9-7-12(5-4-6-12)17-11-14-10-16(2)15-11/h10,13H,3-9H2,1-2H3. The molecule has 1 fully saturated rings. The van der Waals surface area contributed by atoms with Gasteiger partial charge in [-0.05, 0) is 45.2 Å². The Hall–Kier alpha value is -1.10. The van der Waals surface area contributed by atoms with E-state index in [1.54, 1.807) is 11.0 Å². The summed E-state index contributed by atoms with van der Waals surface area (Å²) in [6, 6.07) is 0.516. The third-order valence-corrected chi connectivity index (χ3v) is 3.34. The van der Waals surface area contributed by atoms with Crippen LogP contribution in [0.2, 0.25) is 0 Å². The second-order valence-electron chi connectivity index (χ2n) is 4.84. The van der Waals surface area contributed by atoms with Crippen LogP contribution in [0.25, 0.3) is 0 Å². The lowest BCUT2D eigenvalue weighted by molar-refractivity contribution is -0.0217. The van der Waals surface area contributed by atoms with E-state index in [9.17, 15) is 0 Å². The highest BCUT2D eigenvalue weighted by atomic mass is 16.5. The minimum atomic E-state index is -0.0118. The van der Waals surface area contributed by atoms with Crippen molar-refractivity contribution in [2.75, 3.05) is 13.1 Å². The third kappa shape index (κ3) is 3.19. The quantitative estimate of drug-likeness (QED) is 0.732. The van der Waals surface area contributed by atoms with Gasteiger partial charge in [0.25, 0.3) is 0 Å². The van der Waals surface area contributed by atoms with Crippen LogP contribution in [0.1, 0.15) is 39.0 Å². The lowest BCUT2D eigenvalue weighted by Crippen LogP contribution is -2.45. The SMILES string of the molecule is CCCNCCC1(Oc2ncn(C)n2)CCC1. The molecule has 5 heteroatoms. The van der Waals surface area contributed by atoms with Crippen molar-refractivity contribution in [3.8, 4) is 6.01 Å². The highest BCUT2D eigenvalue weighted by Gasteiger charge is 2.39. The van der Waals surface area contributed by atoms with Gasteiger partial charge in [0.05, 0.1) is 0 Å². The van der Waals surface area contributed by atoms with Gasteiger partial charge < -0.3 is 10.1 Å². The number of aromatic nitrogens is 3. The van der Waals surface area contributed by atoms with Crippen LogP contribution in [-0.4, -0.2) is 33.5 Å². The van der Waals surface area contributed by atoms with E-state index in [2.05, 4.69) is 22.3 Å². The Morgan fingerprint density at radius 3 is 2.82 bits per heavy atom. The molecule has 5 nitrogen and oxygen atoms in total. The van der Waals surface area contributed by atoms with Crippen LogP contribution in [0, 0.1) is 0 Å². The lowest BCUT2D eigenvalue weighted by atomic mass is 9.77. The molecule has 1 heterocycles. The van der Waals surface area contributed by atoms with Gasteiger partial charge in [0.2, 0.25) is 0 Å². The average Bonchev–Trinajstić information content (AvgIpc) is 2.66. The van der Waals surface area contributed by atoms with Crippen LogP contribution < -0.4 is 10.1 Å². The molecule has 1 aromatic rings. The molecule has 17 heavy (non-hydrogen) atoms. The number of ether oxygens (including phenoxy) is 1. The van der Waals surface area contributed by atoms with Crippen molar-refractivity contribution in [3.05, 3.63) is 6.33 Å². The van der Waals surface area contributed by atoms with E-state index in [4.69, 9.17) is 4.74 Å². The normalized spacial score (nSPS) is 17.8. The van der Waals surface area contributed by atoms with Gasteiger partial charge in [0.1, 0.15) is 11.9 Å². The summed E-state index contributed by atoms with van der Waals surface area (Å²) >= 11 is 0. The van der Waals surface area contributed by atoms with Crippen LogP contribution >= 0.6 is 0 Å². The fourth-order valence-corrected chi connectivity index (χ4v) is 2.15. The third-order valence-electron chi connectivity index (χ3n) is 3.34. The first kappa shape index (κ1) is 12.4. The fraction of sp³-hybridized carbons (Fsp3) is 0.833. The first-order chi connectivity index (χ1) is 8.24. The van der Waals surface area contributed by atoms with Crippen molar-refractivity contribution in [3.63, 3.8) is 0 Å². The number of aryl methyl sites for hydroxylation is 1. The van der Waals surface area contributed by atoms with Crippen LogP contribution in [0.5, 0.6) is 6.01 Å². The van der Waals surface area contributed by atoms with Crippen molar-refractivity contribution in [1.29, 1.82) is 0 Å². The van der Waals surface area contributed by atoms with Gasteiger partial charge in [0.15, 0.2) is 0 Å².